The maximum atomic E-state index is 12.2. The average Bonchev–Trinajstić information content (AvgIpc) is 2.29. The molecule has 1 saturated heterocycles. The molecule has 0 aromatic carbocycles. The molecule has 0 bridgehead atoms. The molecule has 2 unspecified atom stereocenters. The summed E-state index contributed by atoms with van der Waals surface area (Å²) in [7, 11) is 0. The zero-order valence-corrected chi connectivity index (χ0v) is 13.2. The molecule has 1 rings (SSSR count). The zero-order chi connectivity index (χ0) is 14.5. The lowest BCUT2D eigenvalue weighted by Gasteiger charge is -2.40. The van der Waals surface area contributed by atoms with E-state index in [4.69, 9.17) is 4.74 Å². The first-order valence-electron chi connectivity index (χ1n) is 7.58. The Bertz CT molecular complexity index is 286. The number of likely N-dealkylation sites (tertiary alicyclic amines) is 1. The number of rotatable bonds is 4. The van der Waals surface area contributed by atoms with E-state index in [1.807, 2.05) is 25.7 Å². The highest BCUT2D eigenvalue weighted by Crippen LogP contribution is 2.20. The summed E-state index contributed by atoms with van der Waals surface area (Å²) in [5.74, 6) is 0. The Labute approximate surface area is 117 Å². The molecule has 0 saturated carbocycles. The number of hydrogen-bond donors (Lipinski definition) is 1. The van der Waals surface area contributed by atoms with Crippen molar-refractivity contribution in [2.45, 2.75) is 78.0 Å². The SMILES string of the molecule is CCCCNC1CCCN(C(=O)OC(C)(C)C)C1C. The number of nitrogens with one attached hydrogen (secondary N) is 1. The number of carbonyl (C=O) groups is 1. The molecular weight excluding hydrogens is 240 g/mol. The number of unbranched alkanes of at least 4 members (excludes halogenated alkanes) is 1. The molecule has 0 spiro atoms. The number of piperidine rings is 1. The largest absolute Gasteiger partial charge is 0.444 e. The van der Waals surface area contributed by atoms with Gasteiger partial charge >= 0.3 is 6.09 Å². The first-order valence-corrected chi connectivity index (χ1v) is 7.58. The average molecular weight is 270 g/mol. The van der Waals surface area contributed by atoms with E-state index in [9.17, 15) is 4.79 Å². The van der Waals surface area contributed by atoms with E-state index in [0.717, 1.165) is 25.9 Å². The molecule has 1 amide bonds. The van der Waals surface area contributed by atoms with Crippen LogP contribution in [0.25, 0.3) is 0 Å². The van der Waals surface area contributed by atoms with Gasteiger partial charge in [0.05, 0.1) is 0 Å². The third-order valence-corrected chi connectivity index (χ3v) is 3.55. The first-order chi connectivity index (χ1) is 8.85. The van der Waals surface area contributed by atoms with Crippen molar-refractivity contribution in [3.8, 4) is 0 Å². The van der Waals surface area contributed by atoms with Gasteiger partial charge in [-0.2, -0.15) is 0 Å². The number of nitrogens with zero attached hydrogens (tertiary/aromatic N) is 1. The number of carbonyl (C=O) groups excluding carboxylic acids is 1. The summed E-state index contributed by atoms with van der Waals surface area (Å²) in [6.07, 6.45) is 4.40. The smallest absolute Gasteiger partial charge is 0.410 e. The van der Waals surface area contributed by atoms with Crippen LogP contribution in [0.2, 0.25) is 0 Å². The van der Waals surface area contributed by atoms with Crippen LogP contribution in [-0.4, -0.2) is 41.8 Å². The van der Waals surface area contributed by atoms with Gasteiger partial charge < -0.3 is 15.0 Å². The minimum Gasteiger partial charge on any atom is -0.444 e. The van der Waals surface area contributed by atoms with E-state index < -0.39 is 5.60 Å². The lowest BCUT2D eigenvalue weighted by Crippen LogP contribution is -2.55. The Kier molecular flexibility index (Phi) is 6.11. The van der Waals surface area contributed by atoms with Crippen molar-refractivity contribution < 1.29 is 9.53 Å². The van der Waals surface area contributed by atoms with E-state index in [1.165, 1.54) is 12.8 Å². The summed E-state index contributed by atoms with van der Waals surface area (Å²) < 4.78 is 5.48. The molecule has 1 heterocycles. The van der Waals surface area contributed by atoms with Crippen molar-refractivity contribution in [3.05, 3.63) is 0 Å². The fourth-order valence-corrected chi connectivity index (χ4v) is 2.46. The van der Waals surface area contributed by atoms with E-state index >= 15 is 0 Å². The minimum atomic E-state index is -0.417. The molecule has 112 valence electrons. The van der Waals surface area contributed by atoms with E-state index in [0.29, 0.717) is 6.04 Å². The van der Waals surface area contributed by atoms with E-state index in [2.05, 4.69) is 19.2 Å². The summed E-state index contributed by atoms with van der Waals surface area (Å²) in [6.45, 7) is 11.9. The van der Waals surface area contributed by atoms with Gasteiger partial charge in [-0.3, -0.25) is 0 Å². The van der Waals surface area contributed by atoms with Crippen LogP contribution >= 0.6 is 0 Å². The van der Waals surface area contributed by atoms with Gasteiger partial charge in [-0.15, -0.1) is 0 Å². The highest BCUT2D eigenvalue weighted by atomic mass is 16.6. The van der Waals surface area contributed by atoms with Gasteiger partial charge in [-0.05, 0) is 53.5 Å². The topological polar surface area (TPSA) is 41.6 Å². The summed E-state index contributed by atoms with van der Waals surface area (Å²) in [5.41, 5.74) is -0.417. The second-order valence-electron chi connectivity index (χ2n) is 6.47. The van der Waals surface area contributed by atoms with Crippen molar-refractivity contribution in [3.63, 3.8) is 0 Å². The number of ether oxygens (including phenoxy) is 1. The van der Waals surface area contributed by atoms with Gasteiger partial charge in [-0.25, -0.2) is 4.79 Å². The summed E-state index contributed by atoms with van der Waals surface area (Å²) >= 11 is 0. The Morgan fingerprint density at radius 3 is 2.68 bits per heavy atom. The van der Waals surface area contributed by atoms with Crippen LogP contribution in [0.5, 0.6) is 0 Å². The van der Waals surface area contributed by atoms with Crippen molar-refractivity contribution in [2.75, 3.05) is 13.1 Å². The molecule has 1 aliphatic heterocycles. The molecule has 19 heavy (non-hydrogen) atoms. The number of hydrogen-bond acceptors (Lipinski definition) is 3. The van der Waals surface area contributed by atoms with Crippen LogP contribution in [0.4, 0.5) is 4.79 Å². The highest BCUT2D eigenvalue weighted by molar-refractivity contribution is 5.68. The molecule has 2 atom stereocenters. The van der Waals surface area contributed by atoms with Gasteiger partial charge in [0.25, 0.3) is 0 Å². The third-order valence-electron chi connectivity index (χ3n) is 3.55. The van der Waals surface area contributed by atoms with Crippen LogP contribution in [0.1, 0.15) is 60.3 Å². The fourth-order valence-electron chi connectivity index (χ4n) is 2.46. The molecule has 4 nitrogen and oxygen atoms in total. The van der Waals surface area contributed by atoms with E-state index in [1.54, 1.807) is 0 Å². The highest BCUT2D eigenvalue weighted by Gasteiger charge is 2.33. The van der Waals surface area contributed by atoms with Gasteiger partial charge in [0, 0.05) is 18.6 Å². The van der Waals surface area contributed by atoms with Crippen molar-refractivity contribution in [1.29, 1.82) is 0 Å². The summed E-state index contributed by atoms with van der Waals surface area (Å²) in [4.78, 5) is 14.0. The second-order valence-corrected chi connectivity index (χ2v) is 6.47. The Morgan fingerprint density at radius 2 is 2.11 bits per heavy atom. The van der Waals surface area contributed by atoms with Crippen molar-refractivity contribution in [1.82, 2.24) is 10.2 Å². The molecule has 4 heteroatoms. The maximum absolute atomic E-state index is 12.2. The Balaban J connectivity index is 2.52. The summed E-state index contributed by atoms with van der Waals surface area (Å²) in [6, 6.07) is 0.605. The van der Waals surface area contributed by atoms with Crippen LogP contribution in [0.15, 0.2) is 0 Å². The molecule has 0 aliphatic carbocycles. The lowest BCUT2D eigenvalue weighted by atomic mass is 9.97. The fraction of sp³-hybridized carbons (Fsp3) is 0.933. The predicted molar refractivity (Wildman–Crippen MR) is 78.3 cm³/mol. The molecule has 0 aromatic heterocycles. The normalized spacial score (nSPS) is 24.4. The predicted octanol–water partition coefficient (Wildman–Crippen LogP) is 3.16. The molecule has 0 radical (unpaired) electrons. The molecule has 1 N–H and O–H groups in total. The maximum Gasteiger partial charge on any atom is 0.410 e. The minimum absolute atomic E-state index is 0.179. The van der Waals surface area contributed by atoms with Gasteiger partial charge in [0.2, 0.25) is 0 Å². The zero-order valence-electron chi connectivity index (χ0n) is 13.2. The molecular formula is C15H30N2O2. The first kappa shape index (κ1) is 16.3. The van der Waals surface area contributed by atoms with Crippen LogP contribution < -0.4 is 5.32 Å². The van der Waals surface area contributed by atoms with Crippen LogP contribution in [0.3, 0.4) is 0 Å². The summed E-state index contributed by atoms with van der Waals surface area (Å²) in [5, 5.41) is 3.57. The lowest BCUT2D eigenvalue weighted by molar-refractivity contribution is 0.00710. The van der Waals surface area contributed by atoms with Gasteiger partial charge in [-0.1, -0.05) is 13.3 Å². The van der Waals surface area contributed by atoms with Crippen LogP contribution in [0, 0.1) is 0 Å². The van der Waals surface area contributed by atoms with Crippen molar-refractivity contribution in [2.24, 2.45) is 0 Å². The monoisotopic (exact) mass is 270 g/mol. The molecule has 1 fully saturated rings. The second kappa shape index (κ2) is 7.13. The molecule has 0 aromatic rings. The van der Waals surface area contributed by atoms with Crippen LogP contribution in [-0.2, 0) is 4.74 Å². The quantitative estimate of drug-likeness (QED) is 0.798. The van der Waals surface area contributed by atoms with Crippen molar-refractivity contribution >= 4 is 6.09 Å². The standard InChI is InChI=1S/C15H30N2O2/c1-6-7-10-16-13-9-8-11-17(12(13)2)14(18)19-15(3,4)5/h12-13,16H,6-11H2,1-5H3. The Morgan fingerprint density at radius 1 is 1.42 bits per heavy atom. The van der Waals surface area contributed by atoms with Gasteiger partial charge in [0.1, 0.15) is 5.60 Å². The van der Waals surface area contributed by atoms with Gasteiger partial charge in [0.15, 0.2) is 0 Å². The van der Waals surface area contributed by atoms with E-state index in [-0.39, 0.29) is 12.1 Å². The number of amides is 1. The molecule has 1 aliphatic rings. The third kappa shape index (κ3) is 5.39. The Hall–Kier alpha value is -0.770.